The predicted octanol–water partition coefficient (Wildman–Crippen LogP) is 1.59. The first-order valence-corrected chi connectivity index (χ1v) is 5.46. The van der Waals surface area contributed by atoms with Gasteiger partial charge in [0, 0.05) is 18.8 Å². The number of carbonyl (C=O) groups is 1. The lowest BCUT2D eigenvalue weighted by atomic mass is 10.2. The average Bonchev–Trinajstić information content (AvgIpc) is 2.68. The van der Waals surface area contributed by atoms with Gasteiger partial charge in [0.25, 0.3) is 0 Å². The van der Waals surface area contributed by atoms with Gasteiger partial charge >= 0.3 is 6.03 Å². The average molecular weight is 220 g/mol. The van der Waals surface area contributed by atoms with Crippen molar-refractivity contribution < 1.29 is 9.90 Å². The van der Waals surface area contributed by atoms with Gasteiger partial charge in [0.15, 0.2) is 0 Å². The van der Waals surface area contributed by atoms with E-state index in [0.717, 1.165) is 11.3 Å². The summed E-state index contributed by atoms with van der Waals surface area (Å²) in [5.74, 6) is 0. The quantitative estimate of drug-likeness (QED) is 0.755. The zero-order valence-electron chi connectivity index (χ0n) is 9.31. The number of urea groups is 1. The highest BCUT2D eigenvalue weighted by Crippen LogP contribution is 2.13. The van der Waals surface area contributed by atoms with Crippen LogP contribution in [0.1, 0.15) is 12.0 Å². The van der Waals surface area contributed by atoms with Crippen LogP contribution < -0.4 is 5.32 Å². The number of carbonyl (C=O) groups excluding carboxylic acids is 1. The number of β-amino-alcohol motifs (C(OH)–C–C–N with tert-alkyl or cyclic N) is 1. The zero-order chi connectivity index (χ0) is 11.5. The van der Waals surface area contributed by atoms with Crippen LogP contribution in [0.2, 0.25) is 0 Å². The van der Waals surface area contributed by atoms with E-state index >= 15 is 0 Å². The Hall–Kier alpha value is -1.55. The molecule has 1 aliphatic heterocycles. The number of aryl methyl sites for hydroxylation is 1. The van der Waals surface area contributed by atoms with E-state index in [1.54, 1.807) is 4.90 Å². The summed E-state index contributed by atoms with van der Waals surface area (Å²) in [7, 11) is 0. The molecule has 1 aliphatic rings. The van der Waals surface area contributed by atoms with Gasteiger partial charge in [0.05, 0.1) is 6.10 Å². The van der Waals surface area contributed by atoms with Crippen LogP contribution in [-0.2, 0) is 0 Å². The van der Waals surface area contributed by atoms with Crippen molar-refractivity contribution in [3.63, 3.8) is 0 Å². The van der Waals surface area contributed by atoms with E-state index in [0.29, 0.717) is 19.5 Å². The van der Waals surface area contributed by atoms with Crippen molar-refractivity contribution in [2.24, 2.45) is 0 Å². The summed E-state index contributed by atoms with van der Waals surface area (Å²) in [5.41, 5.74) is 1.95. The van der Waals surface area contributed by atoms with Gasteiger partial charge in [-0.15, -0.1) is 0 Å². The number of hydrogen-bond donors (Lipinski definition) is 2. The molecule has 0 bridgehead atoms. The predicted molar refractivity (Wildman–Crippen MR) is 62.4 cm³/mol. The highest BCUT2D eigenvalue weighted by Gasteiger charge is 2.24. The molecule has 2 rings (SSSR count). The fourth-order valence-electron chi connectivity index (χ4n) is 1.77. The molecule has 4 nitrogen and oxygen atoms in total. The fourth-order valence-corrected chi connectivity index (χ4v) is 1.77. The molecule has 86 valence electrons. The summed E-state index contributed by atoms with van der Waals surface area (Å²) in [6, 6.07) is 7.52. The van der Waals surface area contributed by atoms with E-state index in [-0.39, 0.29) is 12.1 Å². The smallest absolute Gasteiger partial charge is 0.321 e. The molecule has 1 aromatic rings. The molecule has 1 saturated heterocycles. The number of likely N-dealkylation sites (tertiary alicyclic amines) is 1. The number of amides is 2. The lowest BCUT2D eigenvalue weighted by Gasteiger charge is -2.16. The Morgan fingerprint density at radius 3 is 2.69 bits per heavy atom. The molecule has 16 heavy (non-hydrogen) atoms. The zero-order valence-corrected chi connectivity index (χ0v) is 9.31. The van der Waals surface area contributed by atoms with Crippen LogP contribution in [0, 0.1) is 6.92 Å². The van der Waals surface area contributed by atoms with E-state index in [1.807, 2.05) is 31.2 Å². The second-order valence-corrected chi connectivity index (χ2v) is 4.18. The lowest BCUT2D eigenvalue weighted by Crippen LogP contribution is -2.33. The van der Waals surface area contributed by atoms with Gasteiger partial charge in [-0.25, -0.2) is 4.79 Å². The number of hydrogen-bond acceptors (Lipinski definition) is 2. The number of rotatable bonds is 1. The Morgan fingerprint density at radius 2 is 2.12 bits per heavy atom. The first-order chi connectivity index (χ1) is 7.65. The number of nitrogens with zero attached hydrogens (tertiary/aromatic N) is 1. The standard InChI is InChI=1S/C12H16N2O2/c1-9-2-4-10(5-3-9)13-12(16)14-7-6-11(15)8-14/h2-5,11,15H,6-8H2,1H3,(H,13,16)/t11-/m0/s1. The third-order valence-corrected chi connectivity index (χ3v) is 2.75. The van der Waals surface area contributed by atoms with Crippen molar-refractivity contribution in [3.8, 4) is 0 Å². The van der Waals surface area contributed by atoms with Gasteiger partial charge < -0.3 is 15.3 Å². The van der Waals surface area contributed by atoms with Crippen LogP contribution in [-0.4, -0.2) is 35.2 Å². The maximum absolute atomic E-state index is 11.7. The summed E-state index contributed by atoms with van der Waals surface area (Å²) in [6.45, 7) is 3.05. The minimum atomic E-state index is -0.372. The second-order valence-electron chi connectivity index (χ2n) is 4.18. The summed E-state index contributed by atoms with van der Waals surface area (Å²) in [4.78, 5) is 13.4. The normalized spacial score (nSPS) is 19.9. The topological polar surface area (TPSA) is 52.6 Å². The Balaban J connectivity index is 1.94. The van der Waals surface area contributed by atoms with Gasteiger partial charge in [-0.3, -0.25) is 0 Å². The van der Waals surface area contributed by atoms with E-state index in [4.69, 9.17) is 0 Å². The molecule has 0 radical (unpaired) electrons. The number of benzene rings is 1. The van der Waals surface area contributed by atoms with Crippen LogP contribution in [0.3, 0.4) is 0 Å². The molecule has 0 aromatic heterocycles. The molecular formula is C12H16N2O2. The molecule has 0 saturated carbocycles. The van der Waals surface area contributed by atoms with Crippen molar-refractivity contribution in [3.05, 3.63) is 29.8 Å². The van der Waals surface area contributed by atoms with Gasteiger partial charge in [-0.1, -0.05) is 17.7 Å². The molecule has 0 unspecified atom stereocenters. The maximum Gasteiger partial charge on any atom is 0.321 e. The third-order valence-electron chi connectivity index (χ3n) is 2.75. The molecule has 2 amide bonds. The van der Waals surface area contributed by atoms with E-state index in [2.05, 4.69) is 5.32 Å². The largest absolute Gasteiger partial charge is 0.391 e. The van der Waals surface area contributed by atoms with Crippen LogP contribution in [0.4, 0.5) is 10.5 Å². The van der Waals surface area contributed by atoms with Crippen molar-refractivity contribution in [1.29, 1.82) is 0 Å². The molecule has 2 N–H and O–H groups in total. The number of aliphatic hydroxyl groups excluding tert-OH is 1. The molecule has 1 fully saturated rings. The second kappa shape index (κ2) is 4.53. The minimum absolute atomic E-state index is 0.139. The Morgan fingerprint density at radius 1 is 1.44 bits per heavy atom. The van der Waals surface area contributed by atoms with Crippen LogP contribution in [0.5, 0.6) is 0 Å². The van der Waals surface area contributed by atoms with E-state index in [1.165, 1.54) is 0 Å². The third kappa shape index (κ3) is 2.52. The van der Waals surface area contributed by atoms with Crippen molar-refractivity contribution in [1.82, 2.24) is 4.90 Å². The molecule has 1 atom stereocenters. The van der Waals surface area contributed by atoms with Crippen LogP contribution in [0.15, 0.2) is 24.3 Å². The fraction of sp³-hybridized carbons (Fsp3) is 0.417. The van der Waals surface area contributed by atoms with Gasteiger partial charge in [0.2, 0.25) is 0 Å². The molecule has 0 aliphatic carbocycles. The first-order valence-electron chi connectivity index (χ1n) is 5.46. The molecule has 1 aromatic carbocycles. The molecule has 0 spiro atoms. The van der Waals surface area contributed by atoms with E-state index < -0.39 is 0 Å². The van der Waals surface area contributed by atoms with Gasteiger partial charge in [0.1, 0.15) is 0 Å². The monoisotopic (exact) mass is 220 g/mol. The number of nitrogens with one attached hydrogen (secondary N) is 1. The minimum Gasteiger partial charge on any atom is -0.391 e. The summed E-state index contributed by atoms with van der Waals surface area (Å²) in [6.07, 6.45) is 0.296. The Bertz CT molecular complexity index is 375. The highest BCUT2D eigenvalue weighted by atomic mass is 16.3. The summed E-state index contributed by atoms with van der Waals surface area (Å²) >= 11 is 0. The van der Waals surface area contributed by atoms with Crippen LogP contribution in [0.25, 0.3) is 0 Å². The van der Waals surface area contributed by atoms with Crippen molar-refractivity contribution in [2.45, 2.75) is 19.4 Å². The SMILES string of the molecule is Cc1ccc(NC(=O)N2CC[C@H](O)C2)cc1. The maximum atomic E-state index is 11.7. The number of aliphatic hydroxyl groups is 1. The van der Waals surface area contributed by atoms with Crippen molar-refractivity contribution in [2.75, 3.05) is 18.4 Å². The van der Waals surface area contributed by atoms with Crippen molar-refractivity contribution >= 4 is 11.7 Å². The molecular weight excluding hydrogens is 204 g/mol. The Kier molecular flexibility index (Phi) is 3.10. The summed E-state index contributed by atoms with van der Waals surface area (Å²) < 4.78 is 0. The van der Waals surface area contributed by atoms with Gasteiger partial charge in [-0.05, 0) is 25.5 Å². The number of anilines is 1. The highest BCUT2D eigenvalue weighted by molar-refractivity contribution is 5.89. The summed E-state index contributed by atoms with van der Waals surface area (Å²) in [5, 5.41) is 12.1. The van der Waals surface area contributed by atoms with Gasteiger partial charge in [-0.2, -0.15) is 0 Å². The van der Waals surface area contributed by atoms with E-state index in [9.17, 15) is 9.90 Å². The Labute approximate surface area is 94.9 Å². The molecule has 1 heterocycles. The van der Waals surface area contributed by atoms with Crippen LogP contribution >= 0.6 is 0 Å². The molecule has 4 heteroatoms. The lowest BCUT2D eigenvalue weighted by molar-refractivity contribution is 0.176. The first kappa shape index (κ1) is 11.0.